The molecule has 1 aromatic heterocycles. The molecule has 2 aromatic carbocycles. The number of aromatic nitrogens is 3. The highest BCUT2D eigenvalue weighted by Crippen LogP contribution is 2.28. The molecule has 2 aliphatic rings. The molecule has 1 saturated heterocycles. The number of fused-ring (bicyclic) bond motifs is 1. The number of carbonyl (C=O) groups is 1. The number of rotatable bonds is 5. The van der Waals surface area contributed by atoms with Gasteiger partial charge in [0.2, 0.25) is 5.91 Å². The summed E-state index contributed by atoms with van der Waals surface area (Å²) in [5.74, 6) is 0.518. The summed E-state index contributed by atoms with van der Waals surface area (Å²) in [4.78, 5) is 15.2. The normalized spacial score (nSPS) is 18.8. The number of carbonyl (C=O) groups excluding carboxylic acids is 1. The SMILES string of the molecule is O=C(Nc1ccc(F)c(-c2nnc3n2CCCCC3)c1)C1CCCN(Cc2cccc(F)c2)C1. The van der Waals surface area contributed by atoms with Gasteiger partial charge in [0.25, 0.3) is 0 Å². The molecule has 0 spiro atoms. The number of anilines is 1. The van der Waals surface area contributed by atoms with E-state index < -0.39 is 0 Å². The van der Waals surface area contributed by atoms with Crippen LogP contribution in [0.4, 0.5) is 14.5 Å². The minimum absolute atomic E-state index is 0.0819. The first-order valence-electron chi connectivity index (χ1n) is 12.1. The Morgan fingerprint density at radius 3 is 2.82 bits per heavy atom. The summed E-state index contributed by atoms with van der Waals surface area (Å²) in [5.41, 5.74) is 1.81. The fourth-order valence-corrected chi connectivity index (χ4v) is 5.01. The molecule has 178 valence electrons. The van der Waals surface area contributed by atoms with Crippen molar-refractivity contribution < 1.29 is 13.6 Å². The Bertz CT molecular complexity index is 1180. The Labute approximate surface area is 198 Å². The van der Waals surface area contributed by atoms with Gasteiger partial charge in [-0.2, -0.15) is 0 Å². The second-order valence-electron chi connectivity index (χ2n) is 9.29. The van der Waals surface area contributed by atoms with Crippen LogP contribution < -0.4 is 5.32 Å². The van der Waals surface area contributed by atoms with Crippen molar-refractivity contribution in [2.45, 2.75) is 51.6 Å². The van der Waals surface area contributed by atoms with Crippen LogP contribution in [0.25, 0.3) is 11.4 Å². The van der Waals surface area contributed by atoms with Crippen LogP contribution in [0.2, 0.25) is 0 Å². The lowest BCUT2D eigenvalue weighted by molar-refractivity contribution is -0.121. The quantitative estimate of drug-likeness (QED) is 0.588. The van der Waals surface area contributed by atoms with Crippen LogP contribution in [0.3, 0.4) is 0 Å². The highest BCUT2D eigenvalue weighted by molar-refractivity contribution is 5.93. The Kier molecular flexibility index (Phi) is 6.67. The highest BCUT2D eigenvalue weighted by Gasteiger charge is 2.26. The average Bonchev–Trinajstić information content (AvgIpc) is 3.08. The maximum Gasteiger partial charge on any atom is 0.228 e. The molecule has 0 aliphatic carbocycles. The van der Waals surface area contributed by atoms with Gasteiger partial charge in [-0.1, -0.05) is 18.6 Å². The van der Waals surface area contributed by atoms with Gasteiger partial charge in [0.1, 0.15) is 17.5 Å². The van der Waals surface area contributed by atoms with Gasteiger partial charge < -0.3 is 9.88 Å². The smallest absolute Gasteiger partial charge is 0.228 e. The van der Waals surface area contributed by atoms with Crippen molar-refractivity contribution in [3.8, 4) is 11.4 Å². The first kappa shape index (κ1) is 22.7. The standard InChI is InChI=1S/C26H29F2N5O/c27-20-8-4-6-18(14-20)16-32-12-5-7-19(17-32)26(34)29-21-10-11-23(28)22(15-21)25-31-30-24-9-2-1-3-13-33(24)25/h4,6,8,10-11,14-15,19H,1-3,5,7,9,12-13,16-17H2,(H,29,34). The Morgan fingerprint density at radius 1 is 1.03 bits per heavy atom. The van der Waals surface area contributed by atoms with Crippen LogP contribution in [0, 0.1) is 17.6 Å². The number of benzene rings is 2. The lowest BCUT2D eigenvalue weighted by atomic mass is 9.96. The maximum atomic E-state index is 14.8. The van der Waals surface area contributed by atoms with Crippen molar-refractivity contribution in [2.75, 3.05) is 18.4 Å². The summed E-state index contributed by atoms with van der Waals surface area (Å²) in [7, 11) is 0. The topological polar surface area (TPSA) is 63.1 Å². The highest BCUT2D eigenvalue weighted by atomic mass is 19.1. The molecule has 0 saturated carbocycles. The number of hydrogen-bond donors (Lipinski definition) is 1. The molecule has 8 heteroatoms. The summed E-state index contributed by atoms with van der Waals surface area (Å²) in [5, 5.41) is 11.5. The molecular formula is C26H29F2N5O. The molecule has 0 radical (unpaired) electrons. The van der Waals surface area contributed by atoms with Crippen LogP contribution in [0.1, 0.15) is 43.5 Å². The van der Waals surface area contributed by atoms with E-state index in [4.69, 9.17) is 0 Å². The molecule has 0 bridgehead atoms. The zero-order valence-electron chi connectivity index (χ0n) is 19.1. The van der Waals surface area contributed by atoms with Crippen LogP contribution in [0.5, 0.6) is 0 Å². The number of hydrogen-bond acceptors (Lipinski definition) is 4. The number of nitrogens with one attached hydrogen (secondary N) is 1. The van der Waals surface area contributed by atoms with Gasteiger partial charge in [0, 0.05) is 31.7 Å². The summed E-state index contributed by atoms with van der Waals surface area (Å²) in [6, 6.07) is 11.2. The zero-order valence-corrected chi connectivity index (χ0v) is 19.1. The molecule has 1 atom stereocenters. The molecule has 3 aromatic rings. The molecule has 1 fully saturated rings. The number of piperidine rings is 1. The van der Waals surface area contributed by atoms with Gasteiger partial charge in [0.05, 0.1) is 11.5 Å². The lowest BCUT2D eigenvalue weighted by Gasteiger charge is -2.32. The number of likely N-dealkylation sites (tertiary alicyclic amines) is 1. The summed E-state index contributed by atoms with van der Waals surface area (Å²) in [6.07, 6.45) is 5.74. The van der Waals surface area contributed by atoms with E-state index in [0.717, 1.165) is 63.0 Å². The molecule has 1 unspecified atom stereocenters. The maximum absolute atomic E-state index is 14.8. The van der Waals surface area contributed by atoms with Crippen LogP contribution in [-0.4, -0.2) is 38.7 Å². The van der Waals surface area contributed by atoms with Crippen LogP contribution >= 0.6 is 0 Å². The van der Waals surface area contributed by atoms with Crippen molar-refractivity contribution in [1.82, 2.24) is 19.7 Å². The van der Waals surface area contributed by atoms with Crippen molar-refractivity contribution in [3.05, 3.63) is 65.5 Å². The minimum atomic E-state index is -0.378. The van der Waals surface area contributed by atoms with E-state index in [1.165, 1.54) is 18.2 Å². The Morgan fingerprint density at radius 2 is 1.94 bits per heavy atom. The largest absolute Gasteiger partial charge is 0.326 e. The van der Waals surface area contributed by atoms with Crippen molar-refractivity contribution in [3.63, 3.8) is 0 Å². The van der Waals surface area contributed by atoms with Crippen LogP contribution in [-0.2, 0) is 24.3 Å². The minimum Gasteiger partial charge on any atom is -0.326 e. The summed E-state index contributed by atoms with van der Waals surface area (Å²) >= 11 is 0. The Hall–Kier alpha value is -3.13. The van der Waals surface area contributed by atoms with E-state index in [0.29, 0.717) is 30.2 Å². The predicted octanol–water partition coefficient (Wildman–Crippen LogP) is 4.80. The van der Waals surface area contributed by atoms with E-state index in [2.05, 4.69) is 20.4 Å². The van der Waals surface area contributed by atoms with Crippen LogP contribution in [0.15, 0.2) is 42.5 Å². The van der Waals surface area contributed by atoms with Gasteiger partial charge in [0.15, 0.2) is 5.82 Å². The van der Waals surface area contributed by atoms with E-state index in [1.807, 2.05) is 10.6 Å². The van der Waals surface area contributed by atoms with E-state index in [9.17, 15) is 13.6 Å². The summed E-state index contributed by atoms with van der Waals surface area (Å²) < 4.78 is 30.3. The first-order valence-corrected chi connectivity index (χ1v) is 12.1. The van der Waals surface area contributed by atoms with E-state index >= 15 is 0 Å². The number of amides is 1. The second-order valence-corrected chi connectivity index (χ2v) is 9.29. The summed E-state index contributed by atoms with van der Waals surface area (Å²) in [6.45, 7) is 2.87. The average molecular weight is 466 g/mol. The van der Waals surface area contributed by atoms with Gasteiger partial charge >= 0.3 is 0 Å². The Balaban J connectivity index is 1.28. The molecule has 5 rings (SSSR count). The third-order valence-electron chi connectivity index (χ3n) is 6.76. The van der Waals surface area contributed by atoms with E-state index in [1.54, 1.807) is 18.2 Å². The van der Waals surface area contributed by atoms with Gasteiger partial charge in [-0.15, -0.1) is 10.2 Å². The second kappa shape index (κ2) is 10.0. The molecule has 6 nitrogen and oxygen atoms in total. The third-order valence-corrected chi connectivity index (χ3v) is 6.76. The predicted molar refractivity (Wildman–Crippen MR) is 126 cm³/mol. The van der Waals surface area contributed by atoms with Crippen molar-refractivity contribution in [2.24, 2.45) is 5.92 Å². The number of aryl methyl sites for hydroxylation is 1. The molecule has 1 amide bonds. The monoisotopic (exact) mass is 465 g/mol. The fourth-order valence-electron chi connectivity index (χ4n) is 5.01. The molecule has 34 heavy (non-hydrogen) atoms. The number of halogens is 2. The molecular weight excluding hydrogens is 436 g/mol. The molecule has 2 aliphatic heterocycles. The molecule has 1 N–H and O–H groups in total. The van der Waals surface area contributed by atoms with Gasteiger partial charge in [-0.3, -0.25) is 9.69 Å². The third kappa shape index (κ3) is 5.01. The van der Waals surface area contributed by atoms with Gasteiger partial charge in [-0.25, -0.2) is 8.78 Å². The van der Waals surface area contributed by atoms with Gasteiger partial charge in [-0.05, 0) is 68.1 Å². The van der Waals surface area contributed by atoms with Crippen molar-refractivity contribution in [1.29, 1.82) is 0 Å². The zero-order chi connectivity index (χ0) is 23.5. The lowest BCUT2D eigenvalue weighted by Crippen LogP contribution is -2.40. The van der Waals surface area contributed by atoms with Crippen molar-refractivity contribution >= 4 is 11.6 Å². The number of nitrogens with zero attached hydrogens (tertiary/aromatic N) is 4. The molecule has 3 heterocycles. The first-order chi connectivity index (χ1) is 16.6. The van der Waals surface area contributed by atoms with E-state index in [-0.39, 0.29) is 23.5 Å². The fraction of sp³-hybridized carbons (Fsp3) is 0.423.